The van der Waals surface area contributed by atoms with Gasteiger partial charge in [0, 0.05) is 19.6 Å². The fourth-order valence-electron chi connectivity index (χ4n) is 2.24. The molecule has 0 radical (unpaired) electrons. The van der Waals surface area contributed by atoms with Crippen LogP contribution in [0.3, 0.4) is 0 Å². The van der Waals surface area contributed by atoms with Crippen molar-refractivity contribution in [3.63, 3.8) is 0 Å². The van der Waals surface area contributed by atoms with E-state index in [4.69, 9.17) is 9.47 Å². The summed E-state index contributed by atoms with van der Waals surface area (Å²) in [6.07, 6.45) is -0.277. The van der Waals surface area contributed by atoms with Crippen LogP contribution in [0.5, 0.6) is 0 Å². The van der Waals surface area contributed by atoms with Gasteiger partial charge in [-0.05, 0) is 25.5 Å². The van der Waals surface area contributed by atoms with Gasteiger partial charge in [-0.1, -0.05) is 12.1 Å². The quantitative estimate of drug-likeness (QED) is 0.791. The topological polar surface area (TPSA) is 38.8 Å². The molecule has 0 aromatic heterocycles. The van der Waals surface area contributed by atoms with Crippen molar-refractivity contribution in [3.8, 4) is 0 Å². The number of hydrogen-bond acceptors (Lipinski definition) is 4. The molecule has 0 spiro atoms. The number of ether oxygens (including phenoxy) is 2. The van der Waals surface area contributed by atoms with Crippen LogP contribution in [0, 0.1) is 12.7 Å². The van der Waals surface area contributed by atoms with E-state index in [0.29, 0.717) is 25.3 Å². The molecule has 1 fully saturated rings. The third-order valence-electron chi connectivity index (χ3n) is 3.34. The Kier molecular flexibility index (Phi) is 5.09. The molecule has 1 saturated heterocycles. The van der Waals surface area contributed by atoms with Gasteiger partial charge in [0.1, 0.15) is 11.9 Å². The highest BCUT2D eigenvalue weighted by atomic mass is 19.1. The fourth-order valence-corrected chi connectivity index (χ4v) is 2.24. The van der Waals surface area contributed by atoms with Crippen molar-refractivity contribution in [1.82, 2.24) is 4.90 Å². The van der Waals surface area contributed by atoms with Gasteiger partial charge in [-0.25, -0.2) is 9.18 Å². The lowest BCUT2D eigenvalue weighted by Gasteiger charge is -2.28. The lowest BCUT2D eigenvalue weighted by Crippen LogP contribution is -2.41. The number of nitrogens with zero attached hydrogens (tertiary/aromatic N) is 1. The number of morpholine rings is 1. The van der Waals surface area contributed by atoms with Crippen molar-refractivity contribution in [2.45, 2.75) is 20.0 Å². The number of hydrogen-bond donors (Lipinski definition) is 0. The molecule has 1 aromatic rings. The van der Waals surface area contributed by atoms with Gasteiger partial charge in [0.2, 0.25) is 0 Å². The molecule has 1 atom stereocenters. The van der Waals surface area contributed by atoms with Crippen molar-refractivity contribution in [3.05, 3.63) is 35.1 Å². The van der Waals surface area contributed by atoms with Crippen LogP contribution in [0.4, 0.5) is 4.39 Å². The normalized spacial score (nSPS) is 17.8. The summed E-state index contributed by atoms with van der Waals surface area (Å²) in [6.45, 7) is 7.16. The molecule has 1 aromatic carbocycles. The Hall–Kier alpha value is -1.46. The molecule has 1 aliphatic heterocycles. The largest absolute Gasteiger partial charge is 0.458 e. The van der Waals surface area contributed by atoms with Gasteiger partial charge in [-0.15, -0.1) is 0 Å². The van der Waals surface area contributed by atoms with Gasteiger partial charge < -0.3 is 9.47 Å². The lowest BCUT2D eigenvalue weighted by molar-refractivity contribution is 0.000203. The Bertz CT molecular complexity index is 472. The SMILES string of the molecule is Cc1cccc(C(=O)OC(C)CN2CCOCC2)c1F. The molecule has 2 rings (SSSR count). The summed E-state index contributed by atoms with van der Waals surface area (Å²) < 4.78 is 24.4. The third-order valence-corrected chi connectivity index (χ3v) is 3.34. The van der Waals surface area contributed by atoms with E-state index in [0.717, 1.165) is 13.1 Å². The summed E-state index contributed by atoms with van der Waals surface area (Å²) in [5.41, 5.74) is 0.444. The number of carbonyl (C=O) groups is 1. The summed E-state index contributed by atoms with van der Waals surface area (Å²) in [4.78, 5) is 14.1. The molecule has 20 heavy (non-hydrogen) atoms. The van der Waals surface area contributed by atoms with Crippen molar-refractivity contribution < 1.29 is 18.7 Å². The Balaban J connectivity index is 1.91. The van der Waals surface area contributed by atoms with Crippen LogP contribution >= 0.6 is 0 Å². The van der Waals surface area contributed by atoms with Crippen LogP contribution in [-0.4, -0.2) is 49.8 Å². The third kappa shape index (κ3) is 3.77. The smallest absolute Gasteiger partial charge is 0.341 e. The number of aryl methyl sites for hydroxylation is 1. The van der Waals surface area contributed by atoms with Crippen LogP contribution < -0.4 is 0 Å². The van der Waals surface area contributed by atoms with E-state index in [2.05, 4.69) is 4.90 Å². The Morgan fingerprint density at radius 2 is 2.15 bits per heavy atom. The fraction of sp³-hybridized carbons (Fsp3) is 0.533. The zero-order valence-electron chi connectivity index (χ0n) is 11.9. The molecule has 1 heterocycles. The van der Waals surface area contributed by atoms with Crippen molar-refractivity contribution in [1.29, 1.82) is 0 Å². The first kappa shape index (κ1) is 14.9. The maximum atomic E-state index is 13.8. The minimum absolute atomic E-state index is 0.00109. The Morgan fingerprint density at radius 3 is 2.85 bits per heavy atom. The van der Waals surface area contributed by atoms with Crippen molar-refractivity contribution in [2.75, 3.05) is 32.8 Å². The molecule has 0 bridgehead atoms. The molecule has 0 amide bonds. The molecule has 1 aliphatic rings. The molecule has 0 N–H and O–H groups in total. The van der Waals surface area contributed by atoms with Gasteiger partial charge in [0.25, 0.3) is 0 Å². The highest BCUT2D eigenvalue weighted by molar-refractivity contribution is 5.90. The first-order valence-corrected chi connectivity index (χ1v) is 6.84. The molecule has 4 nitrogen and oxygen atoms in total. The highest BCUT2D eigenvalue weighted by Gasteiger charge is 2.20. The minimum Gasteiger partial charge on any atom is -0.458 e. The average molecular weight is 281 g/mol. The summed E-state index contributed by atoms with van der Waals surface area (Å²) >= 11 is 0. The maximum Gasteiger partial charge on any atom is 0.341 e. The van der Waals surface area contributed by atoms with Crippen LogP contribution in [0.1, 0.15) is 22.8 Å². The predicted octanol–water partition coefficient (Wildman–Crippen LogP) is 2.01. The van der Waals surface area contributed by atoms with E-state index >= 15 is 0 Å². The molecular weight excluding hydrogens is 261 g/mol. The Morgan fingerprint density at radius 1 is 1.45 bits per heavy atom. The number of rotatable bonds is 4. The van der Waals surface area contributed by atoms with E-state index < -0.39 is 11.8 Å². The van der Waals surface area contributed by atoms with Gasteiger partial charge in [-0.3, -0.25) is 4.90 Å². The van der Waals surface area contributed by atoms with Crippen LogP contribution in [0.25, 0.3) is 0 Å². The molecule has 5 heteroatoms. The number of benzene rings is 1. The highest BCUT2D eigenvalue weighted by Crippen LogP contribution is 2.14. The predicted molar refractivity (Wildman–Crippen MR) is 73.3 cm³/mol. The molecule has 1 unspecified atom stereocenters. The van der Waals surface area contributed by atoms with Crippen molar-refractivity contribution in [2.24, 2.45) is 0 Å². The van der Waals surface area contributed by atoms with E-state index in [1.165, 1.54) is 6.07 Å². The van der Waals surface area contributed by atoms with E-state index in [1.807, 2.05) is 6.92 Å². The molecule has 110 valence electrons. The first-order valence-electron chi connectivity index (χ1n) is 6.84. The second-order valence-electron chi connectivity index (χ2n) is 5.07. The standard InChI is InChI=1S/C15H20FNO3/c1-11-4-3-5-13(14(11)16)15(18)20-12(2)10-17-6-8-19-9-7-17/h3-5,12H,6-10H2,1-2H3. The van der Waals surface area contributed by atoms with Gasteiger partial charge in [-0.2, -0.15) is 0 Å². The first-order chi connectivity index (χ1) is 9.58. The second kappa shape index (κ2) is 6.81. The van der Waals surface area contributed by atoms with E-state index in [9.17, 15) is 9.18 Å². The van der Waals surface area contributed by atoms with Gasteiger partial charge in [0.05, 0.1) is 18.8 Å². The molecular formula is C15H20FNO3. The zero-order chi connectivity index (χ0) is 14.5. The summed E-state index contributed by atoms with van der Waals surface area (Å²) in [5.74, 6) is -1.11. The van der Waals surface area contributed by atoms with Crippen molar-refractivity contribution >= 4 is 5.97 Å². The van der Waals surface area contributed by atoms with Crippen LogP contribution in [0.2, 0.25) is 0 Å². The van der Waals surface area contributed by atoms with E-state index in [-0.39, 0.29) is 11.7 Å². The monoisotopic (exact) mass is 281 g/mol. The van der Waals surface area contributed by atoms with Crippen LogP contribution in [0.15, 0.2) is 18.2 Å². The van der Waals surface area contributed by atoms with Gasteiger partial charge >= 0.3 is 5.97 Å². The average Bonchev–Trinajstić information content (AvgIpc) is 2.42. The van der Waals surface area contributed by atoms with E-state index in [1.54, 1.807) is 19.1 Å². The molecule has 0 saturated carbocycles. The van der Waals surface area contributed by atoms with Gasteiger partial charge in [0.15, 0.2) is 0 Å². The lowest BCUT2D eigenvalue weighted by atomic mass is 10.1. The van der Waals surface area contributed by atoms with Crippen LogP contribution in [-0.2, 0) is 9.47 Å². The summed E-state index contributed by atoms with van der Waals surface area (Å²) in [5, 5.41) is 0. The number of carbonyl (C=O) groups excluding carboxylic acids is 1. The number of halogens is 1. The molecule has 0 aliphatic carbocycles. The minimum atomic E-state index is -0.605. The Labute approximate surface area is 118 Å². The zero-order valence-corrected chi connectivity index (χ0v) is 11.9. The maximum absolute atomic E-state index is 13.8. The number of esters is 1. The summed E-state index contributed by atoms with van der Waals surface area (Å²) in [6, 6.07) is 4.73. The second-order valence-corrected chi connectivity index (χ2v) is 5.07. The summed E-state index contributed by atoms with van der Waals surface area (Å²) in [7, 11) is 0.